The van der Waals surface area contributed by atoms with E-state index >= 15 is 0 Å². The van der Waals surface area contributed by atoms with Crippen LogP contribution < -0.4 is 11.1 Å². The number of aryl methyl sites for hydroxylation is 1. The summed E-state index contributed by atoms with van der Waals surface area (Å²) in [6.07, 6.45) is 1.47. The number of nitrogens with two attached hydrogens (primary N) is 1. The van der Waals surface area contributed by atoms with Crippen LogP contribution in [0.15, 0.2) is 41.0 Å². The fourth-order valence-electron chi connectivity index (χ4n) is 1.52. The first-order chi connectivity index (χ1) is 8.20. The second-order valence-corrected chi connectivity index (χ2v) is 3.78. The van der Waals surface area contributed by atoms with E-state index in [0.717, 1.165) is 16.8 Å². The number of furan rings is 1. The number of anilines is 1. The molecule has 0 fully saturated rings. The Balaban J connectivity index is 2.21. The third kappa shape index (κ3) is 2.54. The van der Waals surface area contributed by atoms with Crippen LogP contribution in [0.2, 0.25) is 0 Å². The zero-order valence-corrected chi connectivity index (χ0v) is 9.57. The summed E-state index contributed by atoms with van der Waals surface area (Å²) in [6.45, 7) is 2.38. The van der Waals surface area contributed by atoms with Gasteiger partial charge in [0, 0.05) is 12.2 Å². The molecule has 2 aromatic rings. The Labute approximate surface area is 99.4 Å². The maximum Gasteiger partial charge on any atom is 0.291 e. The van der Waals surface area contributed by atoms with Crippen molar-refractivity contribution in [1.82, 2.24) is 0 Å². The van der Waals surface area contributed by atoms with E-state index in [9.17, 15) is 4.79 Å². The number of carbonyl (C=O) groups is 1. The van der Waals surface area contributed by atoms with Crippen LogP contribution >= 0.6 is 0 Å². The highest BCUT2D eigenvalue weighted by Gasteiger charge is 2.10. The molecule has 1 aromatic heterocycles. The number of hydrogen-bond acceptors (Lipinski definition) is 3. The van der Waals surface area contributed by atoms with Crippen LogP contribution in [0.3, 0.4) is 0 Å². The monoisotopic (exact) mass is 230 g/mol. The van der Waals surface area contributed by atoms with Crippen LogP contribution in [0, 0.1) is 6.92 Å². The normalized spacial score (nSPS) is 10.2. The maximum absolute atomic E-state index is 11.8. The molecule has 0 atom stereocenters. The summed E-state index contributed by atoms with van der Waals surface area (Å²) >= 11 is 0. The first kappa shape index (κ1) is 11.4. The minimum Gasteiger partial charge on any atom is -0.459 e. The number of hydrogen-bond donors (Lipinski definition) is 2. The first-order valence-electron chi connectivity index (χ1n) is 5.35. The molecule has 0 bridgehead atoms. The third-order valence-electron chi connectivity index (χ3n) is 2.53. The lowest BCUT2D eigenvalue weighted by molar-refractivity contribution is 0.0996. The van der Waals surface area contributed by atoms with Crippen molar-refractivity contribution in [2.24, 2.45) is 5.73 Å². The summed E-state index contributed by atoms with van der Waals surface area (Å²) in [5.41, 5.74) is 8.29. The van der Waals surface area contributed by atoms with Crippen molar-refractivity contribution < 1.29 is 9.21 Å². The van der Waals surface area contributed by atoms with Gasteiger partial charge in [-0.2, -0.15) is 0 Å². The predicted octanol–water partition coefficient (Wildman–Crippen LogP) is 2.30. The summed E-state index contributed by atoms with van der Waals surface area (Å²) in [6, 6.07) is 9.05. The average Bonchev–Trinajstić information content (AvgIpc) is 2.85. The van der Waals surface area contributed by atoms with Crippen molar-refractivity contribution in [3.05, 3.63) is 53.5 Å². The Morgan fingerprint density at radius 1 is 1.41 bits per heavy atom. The Morgan fingerprint density at radius 3 is 2.88 bits per heavy atom. The Morgan fingerprint density at radius 2 is 2.24 bits per heavy atom. The van der Waals surface area contributed by atoms with Crippen LogP contribution in [-0.4, -0.2) is 5.91 Å². The molecule has 1 heterocycles. The van der Waals surface area contributed by atoms with Crippen molar-refractivity contribution in [3.63, 3.8) is 0 Å². The van der Waals surface area contributed by atoms with Crippen molar-refractivity contribution in [1.29, 1.82) is 0 Å². The van der Waals surface area contributed by atoms with E-state index < -0.39 is 0 Å². The molecule has 1 aromatic carbocycles. The van der Waals surface area contributed by atoms with Crippen LogP contribution in [0.4, 0.5) is 5.69 Å². The van der Waals surface area contributed by atoms with Gasteiger partial charge in [0.25, 0.3) is 5.91 Å². The first-order valence-corrected chi connectivity index (χ1v) is 5.35. The van der Waals surface area contributed by atoms with E-state index in [1.807, 2.05) is 25.1 Å². The van der Waals surface area contributed by atoms with E-state index in [1.165, 1.54) is 6.26 Å². The molecule has 0 spiro atoms. The van der Waals surface area contributed by atoms with Gasteiger partial charge in [-0.15, -0.1) is 0 Å². The molecule has 17 heavy (non-hydrogen) atoms. The molecular formula is C13H14N2O2. The highest BCUT2D eigenvalue weighted by Crippen LogP contribution is 2.17. The van der Waals surface area contributed by atoms with Crippen molar-refractivity contribution in [2.45, 2.75) is 13.5 Å². The van der Waals surface area contributed by atoms with Gasteiger partial charge in [-0.3, -0.25) is 4.79 Å². The molecule has 0 saturated heterocycles. The maximum atomic E-state index is 11.8. The summed E-state index contributed by atoms with van der Waals surface area (Å²) in [7, 11) is 0. The van der Waals surface area contributed by atoms with Gasteiger partial charge >= 0.3 is 0 Å². The van der Waals surface area contributed by atoms with E-state index in [4.69, 9.17) is 10.2 Å². The molecule has 2 rings (SSSR count). The number of amides is 1. The fraction of sp³-hybridized carbons (Fsp3) is 0.154. The van der Waals surface area contributed by atoms with Gasteiger partial charge in [0.05, 0.1) is 6.26 Å². The van der Waals surface area contributed by atoms with E-state index in [1.54, 1.807) is 12.1 Å². The lowest BCUT2D eigenvalue weighted by Crippen LogP contribution is -2.12. The number of benzene rings is 1. The van der Waals surface area contributed by atoms with Crippen molar-refractivity contribution in [3.8, 4) is 0 Å². The van der Waals surface area contributed by atoms with Crippen LogP contribution in [-0.2, 0) is 6.54 Å². The average molecular weight is 230 g/mol. The summed E-state index contributed by atoms with van der Waals surface area (Å²) in [5, 5.41) is 2.80. The van der Waals surface area contributed by atoms with Gasteiger partial charge in [-0.1, -0.05) is 12.1 Å². The molecule has 0 aliphatic rings. The highest BCUT2D eigenvalue weighted by molar-refractivity contribution is 6.02. The minimum atomic E-state index is -0.257. The molecular weight excluding hydrogens is 216 g/mol. The lowest BCUT2D eigenvalue weighted by Gasteiger charge is -2.08. The van der Waals surface area contributed by atoms with Gasteiger partial charge in [0.15, 0.2) is 5.76 Å². The molecule has 4 nitrogen and oxygen atoms in total. The van der Waals surface area contributed by atoms with Crippen LogP contribution in [0.5, 0.6) is 0 Å². The Bertz CT molecular complexity index is 518. The fourth-order valence-corrected chi connectivity index (χ4v) is 1.52. The molecule has 3 N–H and O–H groups in total. The zero-order chi connectivity index (χ0) is 12.3. The number of nitrogens with one attached hydrogen (secondary N) is 1. The lowest BCUT2D eigenvalue weighted by atomic mass is 10.1. The molecule has 0 aliphatic carbocycles. The zero-order valence-electron chi connectivity index (χ0n) is 9.57. The highest BCUT2D eigenvalue weighted by atomic mass is 16.3. The molecule has 0 aliphatic heterocycles. The van der Waals surface area contributed by atoms with Crippen LogP contribution in [0.1, 0.15) is 21.7 Å². The Kier molecular flexibility index (Phi) is 3.25. The molecule has 1 amide bonds. The van der Waals surface area contributed by atoms with E-state index in [-0.39, 0.29) is 5.91 Å². The van der Waals surface area contributed by atoms with Gasteiger partial charge in [-0.25, -0.2) is 0 Å². The molecule has 0 radical (unpaired) electrons. The van der Waals surface area contributed by atoms with Crippen molar-refractivity contribution in [2.75, 3.05) is 5.32 Å². The summed E-state index contributed by atoms with van der Waals surface area (Å²) < 4.78 is 5.03. The standard InChI is InChI=1S/C13H14N2O2/c1-9-4-5-10(8-14)7-11(9)15-13(16)12-3-2-6-17-12/h2-7H,8,14H2,1H3,(H,15,16). The largest absolute Gasteiger partial charge is 0.459 e. The number of carbonyl (C=O) groups excluding carboxylic acids is 1. The van der Waals surface area contributed by atoms with E-state index in [0.29, 0.717) is 12.3 Å². The van der Waals surface area contributed by atoms with Gasteiger partial charge < -0.3 is 15.5 Å². The van der Waals surface area contributed by atoms with Crippen LogP contribution in [0.25, 0.3) is 0 Å². The quantitative estimate of drug-likeness (QED) is 0.850. The molecule has 88 valence electrons. The summed E-state index contributed by atoms with van der Waals surface area (Å²) in [5.74, 6) is 0.0369. The smallest absolute Gasteiger partial charge is 0.291 e. The topological polar surface area (TPSA) is 68.3 Å². The molecule has 4 heteroatoms. The van der Waals surface area contributed by atoms with Gasteiger partial charge in [0.1, 0.15) is 0 Å². The third-order valence-corrected chi connectivity index (χ3v) is 2.53. The predicted molar refractivity (Wildman–Crippen MR) is 65.7 cm³/mol. The minimum absolute atomic E-state index is 0.257. The van der Waals surface area contributed by atoms with Gasteiger partial charge in [-0.05, 0) is 36.2 Å². The summed E-state index contributed by atoms with van der Waals surface area (Å²) in [4.78, 5) is 11.8. The Hall–Kier alpha value is -2.07. The molecule has 0 unspecified atom stereocenters. The van der Waals surface area contributed by atoms with E-state index in [2.05, 4.69) is 5.32 Å². The SMILES string of the molecule is Cc1ccc(CN)cc1NC(=O)c1ccco1. The van der Waals surface area contributed by atoms with Gasteiger partial charge in [0.2, 0.25) is 0 Å². The molecule has 0 saturated carbocycles. The second kappa shape index (κ2) is 4.84. The van der Waals surface area contributed by atoms with Crippen molar-refractivity contribution >= 4 is 11.6 Å². The second-order valence-electron chi connectivity index (χ2n) is 3.78. The number of rotatable bonds is 3.